The monoisotopic (exact) mass is 605 g/mol. The summed E-state index contributed by atoms with van der Waals surface area (Å²) in [5.74, 6) is 0. The molecule has 0 fully saturated rings. The van der Waals surface area contributed by atoms with E-state index in [4.69, 9.17) is 8.83 Å². The molecule has 0 aliphatic heterocycles. The van der Waals surface area contributed by atoms with E-state index in [2.05, 4.69) is 132 Å². The van der Waals surface area contributed by atoms with Crippen LogP contribution in [0.25, 0.3) is 103 Å². The van der Waals surface area contributed by atoms with Crippen LogP contribution < -0.4 is 0 Å². The standard InChI is InChI=1S/C42H23NO2S/c1-4-10-35-27(7-1)28-8-2-5-11-36(28)43(35)26-15-17-31-32-18-19-33-34-21-24(14-20-40(34)46-42(33)41(32)45-39(31)23-26)25-13-16-30-29-9-3-6-12-37(29)44-38(30)22-25/h1-23H. The Morgan fingerprint density at radius 2 is 1.02 bits per heavy atom. The van der Waals surface area contributed by atoms with Crippen molar-refractivity contribution in [2.24, 2.45) is 0 Å². The number of nitrogens with zero attached hydrogens (tertiary/aromatic N) is 1. The SMILES string of the molecule is c1ccc2c(c1)oc1cc(-c3ccc4sc5c(ccc6c7ccc(-n8c9ccccc9c9ccccc98)cc7oc65)c4c3)ccc12. The Kier molecular flexibility index (Phi) is 4.72. The molecule has 0 unspecified atom stereocenters. The van der Waals surface area contributed by atoms with Gasteiger partial charge in [0.15, 0.2) is 5.58 Å². The van der Waals surface area contributed by atoms with E-state index in [0.29, 0.717) is 0 Å². The molecule has 4 heterocycles. The Morgan fingerprint density at radius 3 is 1.87 bits per heavy atom. The van der Waals surface area contributed by atoms with Gasteiger partial charge in [-0.2, -0.15) is 0 Å². The number of benzene rings is 7. The number of hydrogen-bond donors (Lipinski definition) is 0. The zero-order valence-corrected chi connectivity index (χ0v) is 25.3. The molecule has 46 heavy (non-hydrogen) atoms. The third-order valence-electron chi connectivity index (χ3n) is 9.61. The highest BCUT2D eigenvalue weighted by molar-refractivity contribution is 7.26. The van der Waals surface area contributed by atoms with Crippen LogP contribution in [-0.4, -0.2) is 4.57 Å². The first kappa shape index (κ1) is 24.5. The van der Waals surface area contributed by atoms with E-state index in [1.165, 1.54) is 47.5 Å². The number of fused-ring (bicyclic) bond motifs is 13. The number of hydrogen-bond acceptors (Lipinski definition) is 3. The summed E-state index contributed by atoms with van der Waals surface area (Å²) in [7, 11) is 0. The second kappa shape index (κ2) is 8.87. The van der Waals surface area contributed by atoms with E-state index in [0.717, 1.165) is 55.1 Å². The van der Waals surface area contributed by atoms with Crippen molar-refractivity contribution >= 4 is 97.2 Å². The summed E-state index contributed by atoms with van der Waals surface area (Å²) in [4.78, 5) is 0. The minimum absolute atomic E-state index is 0.902. The van der Waals surface area contributed by atoms with Crippen molar-refractivity contribution < 1.29 is 8.83 Å². The van der Waals surface area contributed by atoms with Crippen LogP contribution in [0.15, 0.2) is 148 Å². The lowest BCUT2D eigenvalue weighted by molar-refractivity contribution is 0.669. The van der Waals surface area contributed by atoms with Gasteiger partial charge in [0.25, 0.3) is 0 Å². The van der Waals surface area contributed by atoms with Crippen LogP contribution in [0.4, 0.5) is 0 Å². The van der Waals surface area contributed by atoms with Crippen LogP contribution >= 0.6 is 11.3 Å². The minimum Gasteiger partial charge on any atom is -0.456 e. The molecule has 0 aliphatic rings. The first-order valence-corrected chi connectivity index (χ1v) is 16.3. The molecule has 0 radical (unpaired) electrons. The van der Waals surface area contributed by atoms with Crippen molar-refractivity contribution in [3.8, 4) is 16.8 Å². The third kappa shape index (κ3) is 3.26. The zero-order chi connectivity index (χ0) is 29.9. The normalized spacial score (nSPS) is 12.3. The fraction of sp³-hybridized carbons (Fsp3) is 0. The van der Waals surface area contributed by atoms with Gasteiger partial charge in [0.1, 0.15) is 16.7 Å². The van der Waals surface area contributed by atoms with Crippen molar-refractivity contribution in [1.29, 1.82) is 0 Å². The number of thiophene rings is 1. The van der Waals surface area contributed by atoms with E-state index >= 15 is 0 Å². The molecule has 7 aromatic carbocycles. The van der Waals surface area contributed by atoms with Crippen LogP contribution in [0.3, 0.4) is 0 Å². The highest BCUT2D eigenvalue weighted by Crippen LogP contribution is 2.44. The van der Waals surface area contributed by atoms with Gasteiger partial charge < -0.3 is 13.4 Å². The molecule has 3 nitrogen and oxygen atoms in total. The molecule has 0 spiro atoms. The van der Waals surface area contributed by atoms with Crippen molar-refractivity contribution in [1.82, 2.24) is 4.57 Å². The molecule has 11 rings (SSSR count). The predicted octanol–water partition coefficient (Wildman–Crippen LogP) is 12.6. The van der Waals surface area contributed by atoms with E-state index in [1.54, 1.807) is 11.3 Å². The molecule has 0 N–H and O–H groups in total. The van der Waals surface area contributed by atoms with Crippen molar-refractivity contribution in [3.05, 3.63) is 140 Å². The highest BCUT2D eigenvalue weighted by Gasteiger charge is 2.18. The van der Waals surface area contributed by atoms with Crippen LogP contribution in [0.2, 0.25) is 0 Å². The van der Waals surface area contributed by atoms with Gasteiger partial charge in [0.2, 0.25) is 0 Å². The van der Waals surface area contributed by atoms with Gasteiger partial charge in [0.05, 0.1) is 15.7 Å². The number of furan rings is 2. The van der Waals surface area contributed by atoms with Gasteiger partial charge in [-0.1, -0.05) is 72.8 Å². The molecule has 4 aromatic heterocycles. The molecule has 0 saturated heterocycles. The van der Waals surface area contributed by atoms with Gasteiger partial charge in [-0.3, -0.25) is 0 Å². The molecule has 0 bridgehead atoms. The summed E-state index contributed by atoms with van der Waals surface area (Å²) < 4.78 is 17.7. The van der Waals surface area contributed by atoms with E-state index in [9.17, 15) is 0 Å². The Hall–Kier alpha value is -5.84. The van der Waals surface area contributed by atoms with Gasteiger partial charge >= 0.3 is 0 Å². The lowest BCUT2D eigenvalue weighted by Crippen LogP contribution is -1.93. The Bertz CT molecular complexity index is 2990. The van der Waals surface area contributed by atoms with Crippen molar-refractivity contribution in [2.75, 3.05) is 0 Å². The van der Waals surface area contributed by atoms with Crippen LogP contribution in [-0.2, 0) is 0 Å². The predicted molar refractivity (Wildman–Crippen MR) is 194 cm³/mol. The molecule has 11 aromatic rings. The quantitative estimate of drug-likeness (QED) is 0.196. The maximum absolute atomic E-state index is 6.73. The second-order valence-corrected chi connectivity index (χ2v) is 13.1. The summed E-state index contributed by atoms with van der Waals surface area (Å²) in [5.41, 5.74) is 9.51. The molecular formula is C42H23NO2S. The molecule has 0 aliphatic carbocycles. The summed E-state index contributed by atoms with van der Waals surface area (Å²) >= 11 is 1.80. The molecule has 0 atom stereocenters. The fourth-order valence-electron chi connectivity index (χ4n) is 7.48. The number of para-hydroxylation sites is 3. The van der Waals surface area contributed by atoms with Crippen LogP contribution in [0.1, 0.15) is 0 Å². The lowest BCUT2D eigenvalue weighted by atomic mass is 10.0. The smallest absolute Gasteiger partial charge is 0.153 e. The second-order valence-electron chi connectivity index (χ2n) is 12.1. The summed E-state index contributed by atoms with van der Waals surface area (Å²) in [5, 5.41) is 9.57. The van der Waals surface area contributed by atoms with Crippen LogP contribution in [0, 0.1) is 0 Å². The summed E-state index contributed by atoms with van der Waals surface area (Å²) in [6.07, 6.45) is 0. The number of rotatable bonds is 2. The first-order chi connectivity index (χ1) is 22.8. The first-order valence-electron chi connectivity index (χ1n) is 15.5. The Morgan fingerprint density at radius 1 is 0.413 bits per heavy atom. The highest BCUT2D eigenvalue weighted by atomic mass is 32.1. The largest absolute Gasteiger partial charge is 0.456 e. The van der Waals surface area contributed by atoms with E-state index < -0.39 is 0 Å². The molecule has 0 saturated carbocycles. The average molecular weight is 606 g/mol. The van der Waals surface area contributed by atoms with E-state index in [1.807, 2.05) is 12.1 Å². The zero-order valence-electron chi connectivity index (χ0n) is 24.5. The maximum Gasteiger partial charge on any atom is 0.153 e. The molecular weight excluding hydrogens is 583 g/mol. The number of aromatic nitrogens is 1. The lowest BCUT2D eigenvalue weighted by Gasteiger charge is -2.07. The van der Waals surface area contributed by atoms with Gasteiger partial charge in [0, 0.05) is 59.5 Å². The summed E-state index contributed by atoms with van der Waals surface area (Å²) in [6, 6.07) is 49.9. The maximum atomic E-state index is 6.73. The average Bonchev–Trinajstić information content (AvgIpc) is 3.86. The van der Waals surface area contributed by atoms with Crippen molar-refractivity contribution in [2.45, 2.75) is 0 Å². The fourth-order valence-corrected chi connectivity index (χ4v) is 8.65. The van der Waals surface area contributed by atoms with Gasteiger partial charge in [-0.05, 0) is 71.8 Å². The minimum atomic E-state index is 0.902. The third-order valence-corrected chi connectivity index (χ3v) is 10.8. The molecule has 0 amide bonds. The molecule has 4 heteroatoms. The van der Waals surface area contributed by atoms with Gasteiger partial charge in [-0.25, -0.2) is 0 Å². The Labute approximate surface area is 266 Å². The molecule has 214 valence electrons. The Balaban J connectivity index is 1.08. The van der Waals surface area contributed by atoms with Crippen molar-refractivity contribution in [3.63, 3.8) is 0 Å². The topological polar surface area (TPSA) is 31.2 Å². The van der Waals surface area contributed by atoms with Crippen LogP contribution in [0.5, 0.6) is 0 Å². The van der Waals surface area contributed by atoms with E-state index in [-0.39, 0.29) is 0 Å². The summed E-state index contributed by atoms with van der Waals surface area (Å²) in [6.45, 7) is 0. The van der Waals surface area contributed by atoms with Gasteiger partial charge in [-0.15, -0.1) is 11.3 Å².